The van der Waals surface area contributed by atoms with Crippen molar-refractivity contribution in [2.45, 2.75) is 32.6 Å². The minimum Gasteiger partial charge on any atom is -0.337 e. The Labute approximate surface area is 90.4 Å². The second kappa shape index (κ2) is 3.69. The van der Waals surface area contributed by atoms with Gasteiger partial charge in [0, 0.05) is 13.1 Å². The first-order chi connectivity index (χ1) is 7.18. The molecule has 1 heterocycles. The highest BCUT2D eigenvalue weighted by molar-refractivity contribution is 5.86. The lowest BCUT2D eigenvalue weighted by molar-refractivity contribution is -0.142. The zero-order chi connectivity index (χ0) is 10.9. The molecule has 1 fully saturated rings. The Hall–Kier alpha value is -1.30. The highest BCUT2D eigenvalue weighted by Crippen LogP contribution is 2.42. The van der Waals surface area contributed by atoms with Crippen molar-refractivity contribution in [3.05, 3.63) is 11.6 Å². The molecule has 0 saturated heterocycles. The molecular weight excluding hydrogens is 188 g/mol. The number of carbonyl (C=O) groups is 1. The van der Waals surface area contributed by atoms with Gasteiger partial charge in [-0.05, 0) is 32.6 Å². The molecule has 0 aromatic carbocycles. The molecule has 3 nitrogen and oxygen atoms in total. The highest BCUT2D eigenvalue weighted by Gasteiger charge is 2.46. The van der Waals surface area contributed by atoms with Crippen LogP contribution in [0.3, 0.4) is 0 Å². The Morgan fingerprint density at radius 3 is 2.80 bits per heavy atom. The molecule has 1 amide bonds. The number of amides is 1. The molecule has 2 aliphatic rings. The van der Waals surface area contributed by atoms with Gasteiger partial charge in [-0.25, -0.2) is 0 Å². The fraction of sp³-hybridized carbons (Fsp3) is 0.667. The summed E-state index contributed by atoms with van der Waals surface area (Å²) in [5, 5.41) is 9.09. The second-order valence-electron chi connectivity index (χ2n) is 4.61. The van der Waals surface area contributed by atoms with Crippen LogP contribution in [0.25, 0.3) is 0 Å². The van der Waals surface area contributed by atoms with Crippen LogP contribution in [0, 0.1) is 16.7 Å². The molecule has 0 radical (unpaired) electrons. The van der Waals surface area contributed by atoms with Gasteiger partial charge in [0.25, 0.3) is 0 Å². The summed E-state index contributed by atoms with van der Waals surface area (Å²) in [6, 6.07) is 2.22. The largest absolute Gasteiger partial charge is 0.337 e. The lowest BCUT2D eigenvalue weighted by Gasteiger charge is -2.39. The van der Waals surface area contributed by atoms with Crippen molar-refractivity contribution in [2.75, 3.05) is 13.1 Å². The van der Waals surface area contributed by atoms with E-state index in [0.717, 1.165) is 32.2 Å². The lowest BCUT2D eigenvalue weighted by Crippen LogP contribution is -2.48. The molecule has 0 unspecified atom stereocenters. The first-order valence-electron chi connectivity index (χ1n) is 5.54. The van der Waals surface area contributed by atoms with Crippen LogP contribution in [0.1, 0.15) is 32.6 Å². The third kappa shape index (κ3) is 1.65. The van der Waals surface area contributed by atoms with Gasteiger partial charge in [-0.2, -0.15) is 5.26 Å². The average molecular weight is 204 g/mol. The van der Waals surface area contributed by atoms with E-state index < -0.39 is 5.41 Å². The number of nitrogens with zero attached hydrogens (tertiary/aromatic N) is 2. The number of hydrogen-bond donors (Lipinski definition) is 0. The number of hydrogen-bond acceptors (Lipinski definition) is 2. The lowest BCUT2D eigenvalue weighted by atomic mass is 9.69. The van der Waals surface area contributed by atoms with Crippen LogP contribution in [-0.2, 0) is 4.79 Å². The standard InChI is InChI=1S/C12H16N2O/c1-10-4-2-7-14(8-10)11(15)12(9-13)5-3-6-12/h4H,2-3,5-8H2,1H3. The Balaban J connectivity index is 2.09. The van der Waals surface area contributed by atoms with Gasteiger partial charge in [-0.1, -0.05) is 11.6 Å². The molecule has 0 N–H and O–H groups in total. The van der Waals surface area contributed by atoms with Gasteiger partial charge in [-0.15, -0.1) is 0 Å². The minimum absolute atomic E-state index is 0.0590. The van der Waals surface area contributed by atoms with Gasteiger partial charge >= 0.3 is 0 Å². The van der Waals surface area contributed by atoms with E-state index in [1.54, 1.807) is 0 Å². The molecule has 0 atom stereocenters. The van der Waals surface area contributed by atoms with Crippen LogP contribution in [-0.4, -0.2) is 23.9 Å². The van der Waals surface area contributed by atoms with E-state index in [2.05, 4.69) is 12.1 Å². The van der Waals surface area contributed by atoms with E-state index in [4.69, 9.17) is 5.26 Å². The van der Waals surface area contributed by atoms with Gasteiger partial charge in [0.2, 0.25) is 5.91 Å². The molecule has 80 valence electrons. The summed E-state index contributed by atoms with van der Waals surface area (Å²) in [5.74, 6) is 0.0590. The number of nitriles is 1. The summed E-state index contributed by atoms with van der Waals surface area (Å²) in [5.41, 5.74) is 0.569. The molecule has 0 aromatic rings. The van der Waals surface area contributed by atoms with E-state index in [9.17, 15) is 4.79 Å². The van der Waals surface area contributed by atoms with Crippen molar-refractivity contribution >= 4 is 5.91 Å². The molecule has 15 heavy (non-hydrogen) atoms. The van der Waals surface area contributed by atoms with E-state index in [-0.39, 0.29) is 5.91 Å². The highest BCUT2D eigenvalue weighted by atomic mass is 16.2. The molecule has 0 aromatic heterocycles. The van der Waals surface area contributed by atoms with Gasteiger partial charge < -0.3 is 4.90 Å². The van der Waals surface area contributed by atoms with Gasteiger partial charge in [0.15, 0.2) is 0 Å². The van der Waals surface area contributed by atoms with Crippen molar-refractivity contribution in [3.63, 3.8) is 0 Å². The van der Waals surface area contributed by atoms with Crippen molar-refractivity contribution in [2.24, 2.45) is 5.41 Å². The molecule has 3 heteroatoms. The molecule has 1 aliphatic carbocycles. The maximum absolute atomic E-state index is 12.2. The molecule has 2 rings (SSSR count). The molecule has 0 spiro atoms. The Bertz CT molecular complexity index is 347. The summed E-state index contributed by atoms with van der Waals surface area (Å²) in [6.45, 7) is 3.53. The Morgan fingerprint density at radius 2 is 2.33 bits per heavy atom. The SMILES string of the molecule is CC1=CCCN(C(=O)C2(C#N)CCC2)C1. The molecule has 0 bridgehead atoms. The van der Waals surface area contributed by atoms with Crippen LogP contribution in [0.4, 0.5) is 0 Å². The van der Waals surface area contributed by atoms with Gasteiger partial charge in [0.05, 0.1) is 6.07 Å². The van der Waals surface area contributed by atoms with Crippen molar-refractivity contribution < 1.29 is 4.79 Å². The molecular formula is C12H16N2O. The summed E-state index contributed by atoms with van der Waals surface area (Å²) >= 11 is 0. The molecule has 1 aliphatic heterocycles. The fourth-order valence-corrected chi connectivity index (χ4v) is 2.29. The zero-order valence-electron chi connectivity index (χ0n) is 9.12. The van der Waals surface area contributed by atoms with Crippen molar-refractivity contribution in [1.29, 1.82) is 5.26 Å². The van der Waals surface area contributed by atoms with Crippen molar-refractivity contribution in [3.8, 4) is 6.07 Å². The second-order valence-corrected chi connectivity index (χ2v) is 4.61. The third-order valence-electron chi connectivity index (χ3n) is 3.45. The van der Waals surface area contributed by atoms with Gasteiger partial charge in [0.1, 0.15) is 5.41 Å². The predicted molar refractivity (Wildman–Crippen MR) is 56.9 cm³/mol. The number of rotatable bonds is 1. The van der Waals surface area contributed by atoms with E-state index in [0.29, 0.717) is 6.54 Å². The van der Waals surface area contributed by atoms with Gasteiger partial charge in [-0.3, -0.25) is 4.79 Å². The third-order valence-corrected chi connectivity index (χ3v) is 3.45. The Morgan fingerprint density at radius 1 is 1.60 bits per heavy atom. The van der Waals surface area contributed by atoms with Crippen LogP contribution >= 0.6 is 0 Å². The van der Waals surface area contributed by atoms with Crippen LogP contribution in [0.2, 0.25) is 0 Å². The predicted octanol–water partition coefficient (Wildman–Crippen LogP) is 1.86. The maximum Gasteiger partial charge on any atom is 0.243 e. The van der Waals surface area contributed by atoms with Crippen LogP contribution in [0.15, 0.2) is 11.6 Å². The summed E-state index contributed by atoms with van der Waals surface area (Å²) in [7, 11) is 0. The smallest absolute Gasteiger partial charge is 0.243 e. The van der Waals surface area contributed by atoms with E-state index in [1.807, 2.05) is 11.8 Å². The van der Waals surface area contributed by atoms with Crippen LogP contribution in [0.5, 0.6) is 0 Å². The summed E-state index contributed by atoms with van der Waals surface area (Å²) in [6.07, 6.45) is 5.62. The molecule has 1 saturated carbocycles. The van der Waals surface area contributed by atoms with E-state index >= 15 is 0 Å². The number of carbonyl (C=O) groups excluding carboxylic acids is 1. The summed E-state index contributed by atoms with van der Waals surface area (Å²) in [4.78, 5) is 14.0. The first-order valence-corrected chi connectivity index (χ1v) is 5.54. The van der Waals surface area contributed by atoms with Crippen molar-refractivity contribution in [1.82, 2.24) is 4.90 Å². The van der Waals surface area contributed by atoms with Crippen LogP contribution < -0.4 is 0 Å². The first kappa shape index (κ1) is 10.2. The maximum atomic E-state index is 12.2. The average Bonchev–Trinajstić information content (AvgIpc) is 2.17. The quantitative estimate of drug-likeness (QED) is 0.612. The summed E-state index contributed by atoms with van der Waals surface area (Å²) < 4.78 is 0. The van der Waals surface area contributed by atoms with E-state index in [1.165, 1.54) is 5.57 Å². The zero-order valence-corrected chi connectivity index (χ0v) is 9.12. The normalized spacial score (nSPS) is 23.7. The topological polar surface area (TPSA) is 44.1 Å². The Kier molecular flexibility index (Phi) is 2.52. The monoisotopic (exact) mass is 204 g/mol. The fourth-order valence-electron chi connectivity index (χ4n) is 2.29. The minimum atomic E-state index is -0.669.